The Morgan fingerprint density at radius 3 is 2.52 bits per heavy atom. The topological polar surface area (TPSA) is 74.3 Å². The first-order chi connectivity index (χ1) is 16.0. The van der Waals surface area contributed by atoms with Crippen LogP contribution >= 0.6 is 0 Å². The van der Waals surface area contributed by atoms with Crippen molar-refractivity contribution in [1.82, 2.24) is 25.0 Å². The molecular weight excluding hydrogens is 421 g/mol. The van der Waals surface area contributed by atoms with E-state index in [2.05, 4.69) is 27.1 Å². The number of carbonyl (C=O) groups is 1. The van der Waals surface area contributed by atoms with Crippen molar-refractivity contribution in [2.24, 2.45) is 0 Å². The predicted octanol–water partition coefficient (Wildman–Crippen LogP) is 3.83. The van der Waals surface area contributed by atoms with Gasteiger partial charge in [-0.25, -0.2) is 9.37 Å². The van der Waals surface area contributed by atoms with Crippen LogP contribution in [0.4, 0.5) is 4.39 Å². The Bertz CT molecular complexity index is 1310. The number of piperazine rings is 1. The monoisotopic (exact) mass is 445 g/mol. The van der Waals surface area contributed by atoms with Gasteiger partial charge < -0.3 is 14.5 Å². The van der Waals surface area contributed by atoms with Gasteiger partial charge in [-0.1, -0.05) is 18.2 Å². The number of hydrogen-bond acceptors (Lipinski definition) is 5. The zero-order chi connectivity index (χ0) is 22.9. The SMILES string of the molecule is COc1cccc(-c2ccc3c(-c4ccc(C(=O)N5CCN(C)CC5)cc4)[nH]nc3n2)c1F. The van der Waals surface area contributed by atoms with E-state index in [1.165, 1.54) is 7.11 Å². The molecule has 1 N–H and O–H groups in total. The molecule has 1 amide bonds. The molecule has 0 spiro atoms. The van der Waals surface area contributed by atoms with Gasteiger partial charge in [0, 0.05) is 48.3 Å². The number of aromatic amines is 1. The molecule has 3 heterocycles. The minimum absolute atomic E-state index is 0.0516. The van der Waals surface area contributed by atoms with Crippen molar-refractivity contribution < 1.29 is 13.9 Å². The first-order valence-corrected chi connectivity index (χ1v) is 10.8. The number of methoxy groups -OCH3 is 1. The molecule has 1 aliphatic rings. The molecule has 0 unspecified atom stereocenters. The molecule has 5 rings (SSSR count). The van der Waals surface area contributed by atoms with E-state index in [9.17, 15) is 9.18 Å². The minimum atomic E-state index is -0.455. The van der Waals surface area contributed by atoms with Crippen molar-refractivity contribution >= 4 is 16.9 Å². The fourth-order valence-corrected chi connectivity index (χ4v) is 4.11. The lowest BCUT2D eigenvalue weighted by Crippen LogP contribution is -2.47. The Morgan fingerprint density at radius 1 is 1.03 bits per heavy atom. The van der Waals surface area contributed by atoms with E-state index in [0.717, 1.165) is 42.8 Å². The lowest BCUT2D eigenvalue weighted by molar-refractivity contribution is 0.0664. The van der Waals surface area contributed by atoms with Crippen LogP contribution in [0.5, 0.6) is 5.75 Å². The Balaban J connectivity index is 1.41. The van der Waals surface area contributed by atoms with Gasteiger partial charge in [0.2, 0.25) is 0 Å². The summed E-state index contributed by atoms with van der Waals surface area (Å²) in [6.07, 6.45) is 0. The highest BCUT2D eigenvalue weighted by molar-refractivity contribution is 5.96. The number of carbonyl (C=O) groups excluding carboxylic acids is 1. The number of H-pyrrole nitrogens is 1. The van der Waals surface area contributed by atoms with Crippen molar-refractivity contribution in [1.29, 1.82) is 0 Å². The van der Waals surface area contributed by atoms with Crippen molar-refractivity contribution in [2.75, 3.05) is 40.3 Å². The molecule has 8 heteroatoms. The van der Waals surface area contributed by atoms with Crippen LogP contribution in [0, 0.1) is 5.82 Å². The number of amides is 1. The van der Waals surface area contributed by atoms with Gasteiger partial charge in [-0.15, -0.1) is 0 Å². The van der Waals surface area contributed by atoms with Crippen LogP contribution in [0.15, 0.2) is 54.6 Å². The van der Waals surface area contributed by atoms with Gasteiger partial charge >= 0.3 is 0 Å². The first kappa shape index (κ1) is 21.1. The Kier molecular flexibility index (Phi) is 5.51. The third-order valence-corrected chi connectivity index (χ3v) is 6.09. The summed E-state index contributed by atoms with van der Waals surface area (Å²) in [6.45, 7) is 3.26. The van der Waals surface area contributed by atoms with E-state index in [1.54, 1.807) is 24.3 Å². The molecule has 1 fully saturated rings. The van der Waals surface area contributed by atoms with Gasteiger partial charge in [0.1, 0.15) is 0 Å². The van der Waals surface area contributed by atoms with E-state index in [0.29, 0.717) is 22.5 Å². The lowest BCUT2D eigenvalue weighted by atomic mass is 10.0. The predicted molar refractivity (Wildman–Crippen MR) is 125 cm³/mol. The third-order valence-electron chi connectivity index (χ3n) is 6.09. The van der Waals surface area contributed by atoms with E-state index >= 15 is 0 Å². The standard InChI is InChI=1S/C25H24FN5O2/c1-30-12-14-31(15-13-30)25(32)17-8-6-16(7-9-17)23-19-10-11-20(27-24(19)29-28-23)18-4-3-5-21(33-2)22(18)26/h3-11H,12-15H2,1-2H3,(H,27,28,29). The van der Waals surface area contributed by atoms with E-state index in [1.807, 2.05) is 35.2 Å². The number of likely N-dealkylation sites (N-methyl/N-ethyl adjacent to an activating group) is 1. The molecule has 0 atom stereocenters. The summed E-state index contributed by atoms with van der Waals surface area (Å²) in [5.41, 5.74) is 3.68. The summed E-state index contributed by atoms with van der Waals surface area (Å²) in [7, 11) is 3.50. The van der Waals surface area contributed by atoms with Crippen LogP contribution in [0.2, 0.25) is 0 Å². The maximum atomic E-state index is 14.7. The number of nitrogens with one attached hydrogen (secondary N) is 1. The zero-order valence-electron chi connectivity index (χ0n) is 18.5. The Labute approximate surface area is 190 Å². The van der Waals surface area contributed by atoms with Gasteiger partial charge in [-0.2, -0.15) is 5.10 Å². The van der Waals surface area contributed by atoms with Crippen molar-refractivity contribution in [3.63, 3.8) is 0 Å². The Morgan fingerprint density at radius 2 is 1.79 bits per heavy atom. The molecule has 1 aliphatic heterocycles. The van der Waals surface area contributed by atoms with Crippen LogP contribution in [-0.4, -0.2) is 71.2 Å². The smallest absolute Gasteiger partial charge is 0.253 e. The molecule has 0 radical (unpaired) electrons. The second kappa shape index (κ2) is 8.63. The number of hydrogen-bond donors (Lipinski definition) is 1. The molecule has 1 saturated heterocycles. The van der Waals surface area contributed by atoms with Gasteiger partial charge in [0.25, 0.3) is 5.91 Å². The zero-order valence-corrected chi connectivity index (χ0v) is 18.5. The van der Waals surface area contributed by atoms with Crippen molar-refractivity contribution in [3.8, 4) is 28.3 Å². The average Bonchev–Trinajstić information content (AvgIpc) is 3.27. The molecule has 2 aromatic heterocycles. The lowest BCUT2D eigenvalue weighted by Gasteiger charge is -2.32. The average molecular weight is 445 g/mol. The summed E-state index contributed by atoms with van der Waals surface area (Å²) in [6, 6.07) is 16.1. The molecular formula is C25H24FN5O2. The van der Waals surface area contributed by atoms with E-state index < -0.39 is 5.82 Å². The number of benzene rings is 2. The number of pyridine rings is 1. The summed E-state index contributed by atoms with van der Waals surface area (Å²) < 4.78 is 19.7. The van der Waals surface area contributed by atoms with Crippen LogP contribution in [0.1, 0.15) is 10.4 Å². The van der Waals surface area contributed by atoms with E-state index in [4.69, 9.17) is 4.74 Å². The normalized spacial score (nSPS) is 14.6. The van der Waals surface area contributed by atoms with Gasteiger partial charge in [-0.05, 0) is 43.4 Å². The number of ether oxygens (including phenoxy) is 1. The molecule has 168 valence electrons. The molecule has 2 aromatic carbocycles. The highest BCUT2D eigenvalue weighted by atomic mass is 19.1. The van der Waals surface area contributed by atoms with Crippen molar-refractivity contribution in [3.05, 3.63) is 66.0 Å². The molecule has 4 aromatic rings. The summed E-state index contributed by atoms with van der Waals surface area (Å²) >= 11 is 0. The molecule has 33 heavy (non-hydrogen) atoms. The maximum absolute atomic E-state index is 14.7. The van der Waals surface area contributed by atoms with Crippen molar-refractivity contribution in [2.45, 2.75) is 0 Å². The third kappa shape index (κ3) is 3.93. The molecule has 7 nitrogen and oxygen atoms in total. The van der Waals surface area contributed by atoms with Gasteiger partial charge in [0.15, 0.2) is 17.2 Å². The van der Waals surface area contributed by atoms with Crippen LogP contribution in [-0.2, 0) is 0 Å². The first-order valence-electron chi connectivity index (χ1n) is 10.8. The fourth-order valence-electron chi connectivity index (χ4n) is 4.11. The van der Waals surface area contributed by atoms with E-state index in [-0.39, 0.29) is 11.7 Å². The number of nitrogens with zero attached hydrogens (tertiary/aromatic N) is 4. The fraction of sp³-hybridized carbons (Fsp3) is 0.240. The molecule has 0 aliphatic carbocycles. The number of halogens is 1. The summed E-state index contributed by atoms with van der Waals surface area (Å²) in [4.78, 5) is 21.5. The summed E-state index contributed by atoms with van der Waals surface area (Å²) in [5, 5.41) is 8.17. The van der Waals surface area contributed by atoms with Gasteiger partial charge in [-0.3, -0.25) is 9.89 Å². The number of aromatic nitrogens is 3. The second-order valence-corrected chi connectivity index (χ2v) is 8.16. The Hall–Kier alpha value is -3.78. The van der Waals surface area contributed by atoms with Crippen LogP contribution in [0.3, 0.4) is 0 Å². The quantitative estimate of drug-likeness (QED) is 0.517. The minimum Gasteiger partial charge on any atom is -0.494 e. The van der Waals surface area contributed by atoms with Gasteiger partial charge in [0.05, 0.1) is 18.5 Å². The number of rotatable bonds is 4. The van der Waals surface area contributed by atoms with Crippen LogP contribution < -0.4 is 4.74 Å². The molecule has 0 bridgehead atoms. The van der Waals surface area contributed by atoms with Crippen LogP contribution in [0.25, 0.3) is 33.5 Å². The highest BCUT2D eigenvalue weighted by Gasteiger charge is 2.21. The molecule has 0 saturated carbocycles. The largest absolute Gasteiger partial charge is 0.494 e. The second-order valence-electron chi connectivity index (χ2n) is 8.16. The highest BCUT2D eigenvalue weighted by Crippen LogP contribution is 2.31. The maximum Gasteiger partial charge on any atom is 0.253 e. The summed E-state index contributed by atoms with van der Waals surface area (Å²) in [5.74, 6) is -0.234. The number of fused-ring (bicyclic) bond motifs is 1.